The van der Waals surface area contributed by atoms with Crippen LogP contribution in [0.2, 0.25) is 0 Å². The van der Waals surface area contributed by atoms with Gasteiger partial charge in [-0.1, -0.05) is 22.0 Å². The molecule has 1 N–H and O–H groups in total. The highest BCUT2D eigenvalue weighted by molar-refractivity contribution is 9.10. The van der Waals surface area contributed by atoms with Gasteiger partial charge >= 0.3 is 0 Å². The monoisotopic (exact) mass is 330 g/mol. The molecule has 0 fully saturated rings. The number of aliphatic imine (C=N–C) groups is 1. The smallest absolute Gasteiger partial charge is 0.132 e. The number of halogens is 1. The zero-order valence-corrected chi connectivity index (χ0v) is 12.7. The standard InChI is InChI=1S/C16H15BrN2O/c1-11-8-14(19-7-3-2-4-16(19)18-11)10-12-9-13(17)5-6-15(12)20/h2-9,11,20H,10H2,1H3. The van der Waals surface area contributed by atoms with Gasteiger partial charge in [0.05, 0.1) is 6.04 Å². The lowest BCUT2D eigenvalue weighted by atomic mass is 10.0. The number of amidine groups is 1. The second-order valence-electron chi connectivity index (χ2n) is 4.91. The molecule has 1 aromatic carbocycles. The maximum absolute atomic E-state index is 10.00. The van der Waals surface area contributed by atoms with Crippen molar-refractivity contribution in [3.63, 3.8) is 0 Å². The summed E-state index contributed by atoms with van der Waals surface area (Å²) in [5.74, 6) is 1.27. The third kappa shape index (κ3) is 2.56. The normalized spacial score (nSPS) is 20.5. The van der Waals surface area contributed by atoms with E-state index in [1.54, 1.807) is 6.07 Å². The highest BCUT2D eigenvalue weighted by Crippen LogP contribution is 2.28. The SMILES string of the molecule is CC1C=C(Cc2cc(Br)ccc2O)N2C=CC=CC2=N1. The number of hydrogen-bond donors (Lipinski definition) is 1. The van der Waals surface area contributed by atoms with Gasteiger partial charge in [-0.15, -0.1) is 0 Å². The second-order valence-corrected chi connectivity index (χ2v) is 5.82. The second kappa shape index (κ2) is 5.29. The maximum Gasteiger partial charge on any atom is 0.132 e. The van der Waals surface area contributed by atoms with E-state index in [0.29, 0.717) is 12.2 Å². The lowest BCUT2D eigenvalue weighted by Crippen LogP contribution is -2.31. The van der Waals surface area contributed by atoms with Gasteiger partial charge in [-0.2, -0.15) is 0 Å². The molecule has 0 amide bonds. The van der Waals surface area contributed by atoms with Crippen LogP contribution in [0.3, 0.4) is 0 Å². The third-order valence-electron chi connectivity index (χ3n) is 3.33. The van der Waals surface area contributed by atoms with Crippen molar-refractivity contribution in [2.75, 3.05) is 0 Å². The lowest BCUT2D eigenvalue weighted by Gasteiger charge is -2.30. The van der Waals surface area contributed by atoms with Gasteiger partial charge in [0.2, 0.25) is 0 Å². The average molecular weight is 331 g/mol. The van der Waals surface area contributed by atoms with Crippen molar-refractivity contribution in [1.82, 2.24) is 4.90 Å². The molecule has 0 saturated heterocycles. The summed E-state index contributed by atoms with van der Waals surface area (Å²) >= 11 is 3.45. The summed E-state index contributed by atoms with van der Waals surface area (Å²) < 4.78 is 0.970. The van der Waals surface area contributed by atoms with Crippen LogP contribution in [0.25, 0.3) is 0 Å². The Labute approximate surface area is 126 Å². The molecule has 20 heavy (non-hydrogen) atoms. The molecule has 2 heterocycles. The number of phenolic OH excluding ortho intramolecular Hbond substituents is 1. The Hall–Kier alpha value is -1.81. The molecule has 0 aliphatic carbocycles. The van der Waals surface area contributed by atoms with Crippen molar-refractivity contribution in [3.8, 4) is 5.75 Å². The van der Waals surface area contributed by atoms with E-state index in [-0.39, 0.29) is 6.04 Å². The molecule has 2 aliphatic rings. The van der Waals surface area contributed by atoms with E-state index < -0.39 is 0 Å². The predicted molar refractivity (Wildman–Crippen MR) is 84.6 cm³/mol. The van der Waals surface area contributed by atoms with E-state index in [4.69, 9.17) is 0 Å². The topological polar surface area (TPSA) is 35.8 Å². The fraction of sp³-hybridized carbons (Fsp3) is 0.188. The molecule has 4 heteroatoms. The summed E-state index contributed by atoms with van der Waals surface area (Å²) in [6, 6.07) is 5.66. The number of hydrogen-bond acceptors (Lipinski definition) is 3. The van der Waals surface area contributed by atoms with Crippen LogP contribution < -0.4 is 0 Å². The Kier molecular flexibility index (Phi) is 3.49. The van der Waals surface area contributed by atoms with Crippen LogP contribution in [0.4, 0.5) is 0 Å². The molecular weight excluding hydrogens is 316 g/mol. The molecule has 0 bridgehead atoms. The molecule has 2 aliphatic heterocycles. The number of rotatable bonds is 2. The number of allylic oxidation sites excluding steroid dienone is 3. The largest absolute Gasteiger partial charge is 0.508 e. The third-order valence-corrected chi connectivity index (χ3v) is 3.82. The van der Waals surface area contributed by atoms with Crippen LogP contribution >= 0.6 is 15.9 Å². The number of fused-ring (bicyclic) bond motifs is 1. The molecule has 0 radical (unpaired) electrons. The summed E-state index contributed by atoms with van der Waals surface area (Å²) in [4.78, 5) is 6.66. The van der Waals surface area contributed by atoms with E-state index in [0.717, 1.165) is 21.6 Å². The summed E-state index contributed by atoms with van der Waals surface area (Å²) in [5, 5.41) is 10.00. The predicted octanol–water partition coefficient (Wildman–Crippen LogP) is 3.77. The van der Waals surface area contributed by atoms with Crippen LogP contribution in [0.5, 0.6) is 5.75 Å². The Balaban J connectivity index is 1.92. The zero-order valence-electron chi connectivity index (χ0n) is 11.1. The molecule has 1 aromatic rings. The number of nitrogens with zero attached hydrogens (tertiary/aromatic N) is 2. The average Bonchev–Trinajstić information content (AvgIpc) is 2.43. The Bertz CT molecular complexity index is 658. The van der Waals surface area contributed by atoms with Gasteiger partial charge in [0, 0.05) is 28.4 Å². The molecule has 0 saturated carbocycles. The lowest BCUT2D eigenvalue weighted by molar-refractivity contribution is 0.467. The molecule has 0 aromatic heterocycles. The van der Waals surface area contributed by atoms with Crippen molar-refractivity contribution in [3.05, 3.63) is 64.4 Å². The minimum absolute atomic E-state index is 0.154. The first kappa shape index (κ1) is 13.2. The molecule has 3 rings (SSSR count). The molecule has 1 atom stereocenters. The maximum atomic E-state index is 10.00. The van der Waals surface area contributed by atoms with Crippen LogP contribution in [0, 0.1) is 0 Å². The minimum atomic E-state index is 0.154. The van der Waals surface area contributed by atoms with E-state index in [1.807, 2.05) is 36.6 Å². The van der Waals surface area contributed by atoms with Gasteiger partial charge in [-0.25, -0.2) is 0 Å². The zero-order chi connectivity index (χ0) is 14.1. The summed E-state index contributed by atoms with van der Waals surface area (Å²) in [6.07, 6.45) is 10.8. The Morgan fingerprint density at radius 2 is 2.20 bits per heavy atom. The number of aromatic hydroxyl groups is 1. The summed E-state index contributed by atoms with van der Waals surface area (Å²) in [6.45, 7) is 2.07. The van der Waals surface area contributed by atoms with Gasteiger partial charge in [-0.3, -0.25) is 4.99 Å². The molecule has 1 unspecified atom stereocenters. The Morgan fingerprint density at radius 3 is 3.05 bits per heavy atom. The van der Waals surface area contributed by atoms with Crippen LogP contribution in [-0.4, -0.2) is 21.9 Å². The van der Waals surface area contributed by atoms with Gasteiger partial charge in [0.15, 0.2) is 0 Å². The molecular formula is C16H15BrN2O. The summed E-state index contributed by atoms with van der Waals surface area (Å²) in [7, 11) is 0. The first-order valence-corrected chi connectivity index (χ1v) is 7.33. The van der Waals surface area contributed by atoms with Crippen molar-refractivity contribution < 1.29 is 5.11 Å². The van der Waals surface area contributed by atoms with Crippen LogP contribution in [0.15, 0.2) is 63.9 Å². The molecule has 0 spiro atoms. The van der Waals surface area contributed by atoms with E-state index in [9.17, 15) is 5.11 Å². The molecule has 102 valence electrons. The highest BCUT2D eigenvalue weighted by atomic mass is 79.9. The van der Waals surface area contributed by atoms with E-state index >= 15 is 0 Å². The number of phenols is 1. The minimum Gasteiger partial charge on any atom is -0.508 e. The van der Waals surface area contributed by atoms with Crippen LogP contribution in [-0.2, 0) is 6.42 Å². The van der Waals surface area contributed by atoms with Crippen LogP contribution in [0.1, 0.15) is 12.5 Å². The summed E-state index contributed by atoms with van der Waals surface area (Å²) in [5.41, 5.74) is 2.04. The fourth-order valence-corrected chi connectivity index (χ4v) is 2.83. The molecule has 3 nitrogen and oxygen atoms in total. The van der Waals surface area contributed by atoms with Gasteiger partial charge < -0.3 is 10.0 Å². The Morgan fingerprint density at radius 1 is 1.35 bits per heavy atom. The van der Waals surface area contributed by atoms with Crippen molar-refractivity contribution in [2.24, 2.45) is 4.99 Å². The van der Waals surface area contributed by atoms with Crippen molar-refractivity contribution in [1.29, 1.82) is 0 Å². The van der Waals surface area contributed by atoms with E-state index in [2.05, 4.69) is 38.8 Å². The number of benzene rings is 1. The first-order chi connectivity index (χ1) is 9.63. The highest BCUT2D eigenvalue weighted by Gasteiger charge is 2.20. The quantitative estimate of drug-likeness (QED) is 0.895. The van der Waals surface area contributed by atoms with Gasteiger partial charge in [0.25, 0.3) is 0 Å². The fourth-order valence-electron chi connectivity index (χ4n) is 2.42. The van der Waals surface area contributed by atoms with E-state index in [1.165, 1.54) is 0 Å². The van der Waals surface area contributed by atoms with Crippen molar-refractivity contribution in [2.45, 2.75) is 19.4 Å². The first-order valence-electron chi connectivity index (χ1n) is 6.53. The van der Waals surface area contributed by atoms with Gasteiger partial charge in [0.1, 0.15) is 11.6 Å². The van der Waals surface area contributed by atoms with Gasteiger partial charge in [-0.05, 0) is 43.4 Å². The van der Waals surface area contributed by atoms with Crippen molar-refractivity contribution >= 4 is 21.8 Å².